The van der Waals surface area contributed by atoms with E-state index in [4.69, 9.17) is 0 Å². The van der Waals surface area contributed by atoms with Crippen molar-refractivity contribution in [1.29, 1.82) is 0 Å². The van der Waals surface area contributed by atoms with Gasteiger partial charge in [0.15, 0.2) is 0 Å². The Labute approximate surface area is 159 Å². The van der Waals surface area contributed by atoms with E-state index in [1.165, 1.54) is 16.7 Å². The molecule has 1 unspecified atom stereocenters. The summed E-state index contributed by atoms with van der Waals surface area (Å²) < 4.78 is 0. The molecule has 1 aliphatic rings. The summed E-state index contributed by atoms with van der Waals surface area (Å²) in [6.45, 7) is 2.96. The summed E-state index contributed by atoms with van der Waals surface area (Å²) in [5, 5.41) is 6.54. The molecule has 4 nitrogen and oxygen atoms in total. The molecule has 0 fully saturated rings. The lowest BCUT2D eigenvalue weighted by Gasteiger charge is -2.20. The molecule has 2 aromatic carbocycles. The summed E-state index contributed by atoms with van der Waals surface area (Å²) in [5.74, 6) is 0.106. The predicted octanol–water partition coefficient (Wildman–Crippen LogP) is 4.48. The van der Waals surface area contributed by atoms with Crippen LogP contribution in [0.5, 0.6) is 0 Å². The molecule has 4 rings (SSSR count). The van der Waals surface area contributed by atoms with Crippen LogP contribution in [0.3, 0.4) is 0 Å². The maximum absolute atomic E-state index is 11.5. The first-order valence-corrected chi connectivity index (χ1v) is 9.35. The number of hydrogen-bond acceptors (Lipinski definition) is 3. The molecule has 0 spiro atoms. The highest BCUT2D eigenvalue weighted by molar-refractivity contribution is 5.93. The number of carbonyl (C=O) groups is 1. The molecule has 0 saturated heterocycles. The van der Waals surface area contributed by atoms with Gasteiger partial charge in [0, 0.05) is 36.5 Å². The van der Waals surface area contributed by atoms with Crippen LogP contribution in [0.25, 0.3) is 11.3 Å². The molecule has 1 amide bonds. The van der Waals surface area contributed by atoms with Crippen LogP contribution in [0.2, 0.25) is 0 Å². The number of carbonyl (C=O) groups excluding carboxylic acids is 1. The average Bonchev–Trinajstić information content (AvgIpc) is 2.72. The molecule has 136 valence electrons. The molecule has 27 heavy (non-hydrogen) atoms. The predicted molar refractivity (Wildman–Crippen MR) is 108 cm³/mol. The molecular weight excluding hydrogens is 334 g/mol. The van der Waals surface area contributed by atoms with E-state index in [2.05, 4.69) is 58.9 Å². The summed E-state index contributed by atoms with van der Waals surface area (Å²) in [5.41, 5.74) is 6.76. The van der Waals surface area contributed by atoms with Crippen molar-refractivity contribution in [2.45, 2.75) is 32.4 Å². The van der Waals surface area contributed by atoms with E-state index in [-0.39, 0.29) is 11.9 Å². The average molecular weight is 357 g/mol. The molecule has 0 saturated carbocycles. The van der Waals surface area contributed by atoms with Crippen molar-refractivity contribution < 1.29 is 4.79 Å². The van der Waals surface area contributed by atoms with Crippen LogP contribution in [0.15, 0.2) is 66.9 Å². The number of benzene rings is 2. The van der Waals surface area contributed by atoms with E-state index in [9.17, 15) is 4.79 Å². The van der Waals surface area contributed by atoms with Crippen molar-refractivity contribution in [1.82, 2.24) is 10.3 Å². The van der Waals surface area contributed by atoms with Gasteiger partial charge in [-0.05, 0) is 54.3 Å². The molecule has 1 aromatic heterocycles. The van der Waals surface area contributed by atoms with Crippen molar-refractivity contribution >= 4 is 11.6 Å². The fourth-order valence-electron chi connectivity index (χ4n) is 3.44. The summed E-state index contributed by atoms with van der Waals surface area (Å²) in [7, 11) is 0. The number of fused-ring (bicyclic) bond motifs is 1. The van der Waals surface area contributed by atoms with Gasteiger partial charge >= 0.3 is 0 Å². The molecule has 0 radical (unpaired) electrons. The number of nitrogens with one attached hydrogen (secondary N) is 2. The van der Waals surface area contributed by atoms with Crippen molar-refractivity contribution in [2.24, 2.45) is 0 Å². The van der Waals surface area contributed by atoms with E-state index in [1.807, 2.05) is 30.5 Å². The van der Waals surface area contributed by atoms with E-state index in [1.54, 1.807) is 0 Å². The molecule has 3 aromatic rings. The zero-order chi connectivity index (χ0) is 18.6. The maximum atomic E-state index is 11.5. The molecule has 0 aliphatic carbocycles. The summed E-state index contributed by atoms with van der Waals surface area (Å²) in [4.78, 5) is 15.9. The Kier molecular flexibility index (Phi) is 4.99. The normalized spacial score (nSPS) is 14.3. The van der Waals surface area contributed by atoms with E-state index in [0.717, 1.165) is 29.9 Å². The lowest BCUT2D eigenvalue weighted by molar-refractivity contribution is -0.116. The third-order valence-corrected chi connectivity index (χ3v) is 5.02. The fourth-order valence-corrected chi connectivity index (χ4v) is 3.44. The van der Waals surface area contributed by atoms with Gasteiger partial charge in [-0.2, -0.15) is 0 Å². The monoisotopic (exact) mass is 357 g/mol. The molecule has 1 atom stereocenters. The topological polar surface area (TPSA) is 54.0 Å². The van der Waals surface area contributed by atoms with Crippen molar-refractivity contribution in [2.75, 3.05) is 5.32 Å². The van der Waals surface area contributed by atoms with Crippen LogP contribution in [-0.4, -0.2) is 10.9 Å². The summed E-state index contributed by atoms with van der Waals surface area (Å²) in [6.07, 6.45) is 3.20. The van der Waals surface area contributed by atoms with Crippen LogP contribution in [0.4, 0.5) is 5.69 Å². The Hall–Kier alpha value is -2.98. The third kappa shape index (κ3) is 4.07. The maximum Gasteiger partial charge on any atom is 0.224 e. The minimum Gasteiger partial charge on any atom is -0.326 e. The van der Waals surface area contributed by atoms with Crippen molar-refractivity contribution in [3.8, 4) is 11.3 Å². The van der Waals surface area contributed by atoms with Gasteiger partial charge in [0.05, 0.1) is 5.69 Å². The Morgan fingerprint density at radius 2 is 2.00 bits per heavy atom. The van der Waals surface area contributed by atoms with Crippen LogP contribution in [0, 0.1) is 0 Å². The van der Waals surface area contributed by atoms with E-state index < -0.39 is 0 Å². The number of hydrogen-bond donors (Lipinski definition) is 2. The van der Waals surface area contributed by atoms with Gasteiger partial charge in [-0.25, -0.2) is 0 Å². The lowest BCUT2D eigenvalue weighted by Crippen LogP contribution is -2.21. The summed E-state index contributed by atoms with van der Waals surface area (Å²) >= 11 is 0. The Bertz CT molecular complexity index is 953. The Balaban J connectivity index is 1.44. The zero-order valence-electron chi connectivity index (χ0n) is 15.4. The Morgan fingerprint density at radius 1 is 1.07 bits per heavy atom. The number of nitrogens with zero attached hydrogens (tertiary/aromatic N) is 1. The molecule has 2 N–H and O–H groups in total. The van der Waals surface area contributed by atoms with Gasteiger partial charge in [-0.15, -0.1) is 0 Å². The minimum absolute atomic E-state index is 0.106. The Morgan fingerprint density at radius 3 is 2.85 bits per heavy atom. The number of pyridine rings is 1. The van der Waals surface area contributed by atoms with Crippen molar-refractivity contribution in [3.63, 3.8) is 0 Å². The molecule has 0 bridgehead atoms. The van der Waals surface area contributed by atoms with Crippen LogP contribution < -0.4 is 10.6 Å². The smallest absolute Gasteiger partial charge is 0.224 e. The van der Waals surface area contributed by atoms with Gasteiger partial charge in [0.2, 0.25) is 5.91 Å². The van der Waals surface area contributed by atoms with Gasteiger partial charge in [0.1, 0.15) is 0 Å². The highest BCUT2D eigenvalue weighted by atomic mass is 16.1. The highest BCUT2D eigenvalue weighted by Gasteiger charge is 2.16. The quantitative estimate of drug-likeness (QED) is 0.708. The van der Waals surface area contributed by atoms with E-state index in [0.29, 0.717) is 6.42 Å². The van der Waals surface area contributed by atoms with Gasteiger partial charge in [-0.1, -0.05) is 36.4 Å². The SMILES string of the molecule is CC(NCc1cccc(-c2ccccn2)c1)c1ccc2c(c1)CCC(=O)N2. The van der Waals surface area contributed by atoms with Crippen LogP contribution in [0.1, 0.15) is 36.1 Å². The number of aryl methyl sites for hydroxylation is 1. The highest BCUT2D eigenvalue weighted by Crippen LogP contribution is 2.26. The second-order valence-corrected chi connectivity index (χ2v) is 6.98. The number of anilines is 1. The molecule has 1 aliphatic heterocycles. The van der Waals surface area contributed by atoms with Crippen molar-refractivity contribution in [3.05, 3.63) is 83.6 Å². The van der Waals surface area contributed by atoms with Crippen LogP contribution >= 0.6 is 0 Å². The number of aromatic nitrogens is 1. The van der Waals surface area contributed by atoms with Gasteiger partial charge < -0.3 is 10.6 Å². The number of rotatable bonds is 5. The van der Waals surface area contributed by atoms with E-state index >= 15 is 0 Å². The second-order valence-electron chi connectivity index (χ2n) is 6.98. The first kappa shape index (κ1) is 17.4. The second kappa shape index (κ2) is 7.72. The molecule has 2 heterocycles. The fraction of sp³-hybridized carbons (Fsp3) is 0.217. The van der Waals surface area contributed by atoms with Crippen LogP contribution in [-0.2, 0) is 17.8 Å². The zero-order valence-corrected chi connectivity index (χ0v) is 15.4. The standard InChI is InChI=1S/C23H23N3O/c1-16(18-8-10-22-20(14-18)9-11-23(27)26-22)25-15-17-5-4-6-19(13-17)21-7-2-3-12-24-21/h2-8,10,12-14,16,25H,9,11,15H2,1H3,(H,26,27). The molecule has 4 heteroatoms. The first-order chi connectivity index (χ1) is 13.2. The van der Waals surface area contributed by atoms with Gasteiger partial charge in [0.25, 0.3) is 0 Å². The first-order valence-electron chi connectivity index (χ1n) is 9.35. The lowest BCUT2D eigenvalue weighted by atomic mass is 9.97. The molecular formula is C23H23N3O. The van der Waals surface area contributed by atoms with Gasteiger partial charge in [-0.3, -0.25) is 9.78 Å². The largest absolute Gasteiger partial charge is 0.326 e. The summed E-state index contributed by atoms with van der Waals surface area (Å²) in [6, 6.07) is 21.0. The third-order valence-electron chi connectivity index (χ3n) is 5.02. The minimum atomic E-state index is 0.106. The number of amides is 1.